The highest BCUT2D eigenvalue weighted by Gasteiger charge is 2.21. The van der Waals surface area contributed by atoms with Crippen LogP contribution in [0.15, 0.2) is 67.3 Å². The molecule has 0 saturated heterocycles. The molecule has 0 aliphatic heterocycles. The molecule has 0 aromatic heterocycles. The predicted molar refractivity (Wildman–Crippen MR) is 109 cm³/mol. The second-order valence-corrected chi connectivity index (χ2v) is 6.05. The van der Waals surface area contributed by atoms with Crippen LogP contribution in [0.3, 0.4) is 0 Å². The summed E-state index contributed by atoms with van der Waals surface area (Å²) < 4.78 is 16.6. The molecule has 144 valence electrons. The van der Waals surface area contributed by atoms with Crippen molar-refractivity contribution in [3.63, 3.8) is 0 Å². The molecule has 28 heavy (non-hydrogen) atoms. The smallest absolute Gasteiger partial charge is 0.170 e. The fourth-order valence-electron chi connectivity index (χ4n) is 3.00. The summed E-state index contributed by atoms with van der Waals surface area (Å²) in [4.78, 5) is 0. The Hall–Kier alpha value is -3.60. The van der Waals surface area contributed by atoms with Crippen LogP contribution in [-0.2, 0) is 0 Å². The summed E-state index contributed by atoms with van der Waals surface area (Å²) in [6, 6.07) is 15.8. The van der Waals surface area contributed by atoms with Gasteiger partial charge in [-0.2, -0.15) is 0 Å². The second kappa shape index (κ2) is 8.39. The molecule has 0 aliphatic carbocycles. The molecule has 0 spiro atoms. The van der Waals surface area contributed by atoms with Crippen LogP contribution in [0.5, 0.6) is 28.7 Å². The Labute approximate surface area is 164 Å². The highest BCUT2D eigenvalue weighted by atomic mass is 16.5. The monoisotopic (exact) mass is 378 g/mol. The van der Waals surface area contributed by atoms with E-state index in [-0.39, 0.29) is 11.5 Å². The van der Waals surface area contributed by atoms with E-state index in [1.54, 1.807) is 37.5 Å². The van der Waals surface area contributed by atoms with Crippen molar-refractivity contribution >= 4 is 0 Å². The summed E-state index contributed by atoms with van der Waals surface area (Å²) in [7, 11) is 3.05. The normalized spacial score (nSPS) is 10.4. The number of benzene rings is 3. The third kappa shape index (κ3) is 3.74. The lowest BCUT2D eigenvalue weighted by atomic mass is 9.96. The minimum atomic E-state index is -0.0234. The van der Waals surface area contributed by atoms with Gasteiger partial charge in [-0.3, -0.25) is 0 Å². The molecule has 5 heteroatoms. The first-order chi connectivity index (χ1) is 13.6. The molecule has 0 heterocycles. The largest absolute Gasteiger partial charge is 0.508 e. The highest BCUT2D eigenvalue weighted by molar-refractivity contribution is 5.87. The lowest BCUT2D eigenvalue weighted by molar-refractivity contribution is 0.363. The molecule has 0 unspecified atom stereocenters. The average Bonchev–Trinajstić information content (AvgIpc) is 2.72. The molecule has 3 rings (SSSR count). The zero-order valence-electron chi connectivity index (χ0n) is 15.8. The summed E-state index contributed by atoms with van der Waals surface area (Å²) >= 11 is 0. The topological polar surface area (TPSA) is 68.2 Å². The van der Waals surface area contributed by atoms with E-state index in [4.69, 9.17) is 14.2 Å². The molecule has 0 bridgehead atoms. The lowest BCUT2D eigenvalue weighted by Crippen LogP contribution is -1.96. The minimum absolute atomic E-state index is 0.0234. The van der Waals surface area contributed by atoms with E-state index < -0.39 is 0 Å². The summed E-state index contributed by atoms with van der Waals surface area (Å²) in [6.07, 6.45) is 1.68. The molecule has 0 fully saturated rings. The Bertz CT molecular complexity index is 960. The van der Waals surface area contributed by atoms with Crippen LogP contribution in [0.4, 0.5) is 0 Å². The van der Waals surface area contributed by atoms with Gasteiger partial charge in [-0.25, -0.2) is 0 Å². The van der Waals surface area contributed by atoms with Gasteiger partial charge in [0.05, 0.1) is 19.8 Å². The Morgan fingerprint density at radius 1 is 0.893 bits per heavy atom. The molecule has 0 atom stereocenters. The van der Waals surface area contributed by atoms with Gasteiger partial charge in [-0.05, 0) is 41.5 Å². The van der Waals surface area contributed by atoms with E-state index in [1.165, 1.54) is 7.11 Å². The van der Waals surface area contributed by atoms with E-state index in [0.717, 1.165) is 11.1 Å². The average molecular weight is 378 g/mol. The van der Waals surface area contributed by atoms with E-state index in [0.29, 0.717) is 35.0 Å². The Morgan fingerprint density at radius 3 is 2.11 bits per heavy atom. The van der Waals surface area contributed by atoms with Crippen LogP contribution in [0.1, 0.15) is 0 Å². The minimum Gasteiger partial charge on any atom is -0.508 e. The van der Waals surface area contributed by atoms with Crippen molar-refractivity contribution < 1.29 is 24.4 Å². The van der Waals surface area contributed by atoms with Crippen molar-refractivity contribution in [3.05, 3.63) is 67.3 Å². The number of phenolic OH excluding ortho intramolecular Hbond substituents is 2. The lowest BCUT2D eigenvalue weighted by Gasteiger charge is -2.18. The maximum absolute atomic E-state index is 11.0. The van der Waals surface area contributed by atoms with Crippen molar-refractivity contribution in [2.75, 3.05) is 20.8 Å². The molecule has 5 nitrogen and oxygen atoms in total. The second-order valence-electron chi connectivity index (χ2n) is 6.05. The summed E-state index contributed by atoms with van der Waals surface area (Å²) in [6.45, 7) is 4.05. The molecular weight excluding hydrogens is 356 g/mol. The molecular formula is C23H22O5. The number of aromatic hydroxyl groups is 2. The van der Waals surface area contributed by atoms with Crippen molar-refractivity contribution in [3.8, 4) is 51.0 Å². The number of ether oxygens (including phenoxy) is 3. The van der Waals surface area contributed by atoms with Gasteiger partial charge < -0.3 is 24.4 Å². The SMILES string of the molecule is C=CCOc1ccc(-c2c(OC)cc(-c3ccc(O)cc3)c(OC)c2O)cc1. The first-order valence-corrected chi connectivity index (χ1v) is 8.70. The first kappa shape index (κ1) is 19.2. The number of hydrogen-bond donors (Lipinski definition) is 2. The molecule has 3 aromatic carbocycles. The summed E-state index contributed by atoms with van der Waals surface area (Å²) in [5.41, 5.74) is 2.72. The van der Waals surface area contributed by atoms with E-state index >= 15 is 0 Å². The molecule has 0 amide bonds. The van der Waals surface area contributed by atoms with E-state index in [9.17, 15) is 10.2 Å². The summed E-state index contributed by atoms with van der Waals surface area (Å²) in [5, 5.41) is 20.5. The van der Waals surface area contributed by atoms with E-state index in [2.05, 4.69) is 6.58 Å². The van der Waals surface area contributed by atoms with Crippen LogP contribution in [-0.4, -0.2) is 31.0 Å². The van der Waals surface area contributed by atoms with Crippen LogP contribution < -0.4 is 14.2 Å². The molecule has 3 aromatic rings. The first-order valence-electron chi connectivity index (χ1n) is 8.70. The molecule has 0 radical (unpaired) electrons. The van der Waals surface area contributed by atoms with Crippen molar-refractivity contribution in [1.29, 1.82) is 0 Å². The number of phenols is 2. The molecule has 2 N–H and O–H groups in total. The quantitative estimate of drug-likeness (QED) is 0.566. The van der Waals surface area contributed by atoms with Gasteiger partial charge in [0.1, 0.15) is 23.9 Å². The number of rotatable bonds is 7. The number of hydrogen-bond acceptors (Lipinski definition) is 5. The Morgan fingerprint density at radius 2 is 1.54 bits per heavy atom. The van der Waals surface area contributed by atoms with Gasteiger partial charge in [-0.1, -0.05) is 36.9 Å². The molecule has 0 saturated carbocycles. The predicted octanol–water partition coefficient (Wildman–Crippen LogP) is 5.01. The Balaban J connectivity index is 2.11. The van der Waals surface area contributed by atoms with Gasteiger partial charge in [0.25, 0.3) is 0 Å². The van der Waals surface area contributed by atoms with Gasteiger partial charge in [0.15, 0.2) is 11.5 Å². The zero-order valence-corrected chi connectivity index (χ0v) is 15.8. The molecule has 0 aliphatic rings. The van der Waals surface area contributed by atoms with Crippen LogP contribution in [0, 0.1) is 0 Å². The summed E-state index contributed by atoms with van der Waals surface area (Å²) in [5.74, 6) is 1.67. The third-order valence-corrected chi connectivity index (χ3v) is 4.33. The fraction of sp³-hybridized carbons (Fsp3) is 0.130. The van der Waals surface area contributed by atoms with Gasteiger partial charge in [-0.15, -0.1) is 0 Å². The van der Waals surface area contributed by atoms with Crippen molar-refractivity contribution in [2.45, 2.75) is 0 Å². The Kier molecular flexibility index (Phi) is 5.75. The van der Waals surface area contributed by atoms with Crippen LogP contribution >= 0.6 is 0 Å². The van der Waals surface area contributed by atoms with Crippen molar-refractivity contribution in [2.24, 2.45) is 0 Å². The maximum Gasteiger partial charge on any atom is 0.170 e. The zero-order chi connectivity index (χ0) is 20.1. The van der Waals surface area contributed by atoms with Crippen molar-refractivity contribution in [1.82, 2.24) is 0 Å². The van der Waals surface area contributed by atoms with Gasteiger partial charge in [0.2, 0.25) is 0 Å². The third-order valence-electron chi connectivity index (χ3n) is 4.33. The standard InChI is InChI=1S/C23H22O5/c1-4-13-28-18-11-7-16(8-12-18)21-20(26-2)14-19(23(27-3)22(21)25)15-5-9-17(24)10-6-15/h4-12,14,24-25H,1,13H2,2-3H3. The fourth-order valence-corrected chi connectivity index (χ4v) is 3.00. The van der Waals surface area contributed by atoms with Gasteiger partial charge >= 0.3 is 0 Å². The van der Waals surface area contributed by atoms with Crippen LogP contribution in [0.25, 0.3) is 22.3 Å². The maximum atomic E-state index is 11.0. The van der Waals surface area contributed by atoms with E-state index in [1.807, 2.05) is 30.3 Å². The van der Waals surface area contributed by atoms with Gasteiger partial charge in [0, 0.05) is 5.56 Å². The number of methoxy groups -OCH3 is 2. The highest BCUT2D eigenvalue weighted by Crippen LogP contribution is 2.49. The van der Waals surface area contributed by atoms with Crippen LogP contribution in [0.2, 0.25) is 0 Å².